The molecule has 1 saturated heterocycles. The standard InChI is InChI=1S/C22H28FN3O4S/c1-18(30-19-8-3-2-4-9-19)22(27)24-12-7-17-31(28,29)26-15-13-25(14-16-26)21-11-6-5-10-20(21)23/h2-6,8-11,18H,7,12-17H2,1H3,(H,24,27). The second kappa shape index (κ2) is 10.6. The summed E-state index contributed by atoms with van der Waals surface area (Å²) in [5.41, 5.74) is 0.495. The molecular formula is C22H28FN3O4S. The average molecular weight is 450 g/mol. The number of sulfonamides is 1. The molecule has 1 aliphatic rings. The highest BCUT2D eigenvalue weighted by molar-refractivity contribution is 7.89. The van der Waals surface area contributed by atoms with Crippen molar-refractivity contribution in [2.75, 3.05) is 43.4 Å². The Morgan fingerprint density at radius 2 is 1.71 bits per heavy atom. The molecule has 0 bridgehead atoms. The zero-order valence-corrected chi connectivity index (χ0v) is 18.4. The molecule has 2 aromatic carbocycles. The third-order valence-electron chi connectivity index (χ3n) is 5.13. The molecule has 0 radical (unpaired) electrons. The van der Waals surface area contributed by atoms with Crippen LogP contribution in [0.5, 0.6) is 5.75 Å². The smallest absolute Gasteiger partial charge is 0.260 e. The molecule has 9 heteroatoms. The van der Waals surface area contributed by atoms with Crippen molar-refractivity contribution in [2.24, 2.45) is 0 Å². The Balaban J connectivity index is 1.39. The van der Waals surface area contributed by atoms with Crippen molar-refractivity contribution in [1.29, 1.82) is 0 Å². The van der Waals surface area contributed by atoms with Gasteiger partial charge in [-0.15, -0.1) is 0 Å². The van der Waals surface area contributed by atoms with Gasteiger partial charge in [-0.25, -0.2) is 12.8 Å². The van der Waals surface area contributed by atoms with Gasteiger partial charge in [-0.3, -0.25) is 4.79 Å². The lowest BCUT2D eigenvalue weighted by molar-refractivity contribution is -0.127. The van der Waals surface area contributed by atoms with Crippen molar-refractivity contribution in [1.82, 2.24) is 9.62 Å². The Hall–Kier alpha value is -2.65. The minimum absolute atomic E-state index is 0.0547. The van der Waals surface area contributed by atoms with E-state index in [9.17, 15) is 17.6 Å². The van der Waals surface area contributed by atoms with Crippen LogP contribution in [0.25, 0.3) is 0 Å². The van der Waals surface area contributed by atoms with Gasteiger partial charge in [0.2, 0.25) is 10.0 Å². The fraction of sp³-hybridized carbons (Fsp3) is 0.409. The van der Waals surface area contributed by atoms with Gasteiger partial charge in [-0.1, -0.05) is 30.3 Å². The summed E-state index contributed by atoms with van der Waals surface area (Å²) in [6.45, 7) is 3.39. The minimum Gasteiger partial charge on any atom is -0.481 e. The van der Waals surface area contributed by atoms with Crippen LogP contribution in [0.2, 0.25) is 0 Å². The molecule has 2 aromatic rings. The third kappa shape index (κ3) is 6.41. The molecule has 1 aliphatic heterocycles. The van der Waals surface area contributed by atoms with E-state index in [4.69, 9.17) is 4.74 Å². The lowest BCUT2D eigenvalue weighted by Crippen LogP contribution is -2.49. The van der Waals surface area contributed by atoms with Gasteiger partial charge < -0.3 is 15.0 Å². The fourth-order valence-corrected chi connectivity index (χ4v) is 4.90. The molecule has 7 nitrogen and oxygen atoms in total. The normalized spacial score (nSPS) is 16.0. The second-order valence-corrected chi connectivity index (χ2v) is 9.46. The zero-order valence-electron chi connectivity index (χ0n) is 17.5. The number of hydrogen-bond donors (Lipinski definition) is 1. The number of carbonyl (C=O) groups excluding carboxylic acids is 1. The number of benzene rings is 2. The first-order valence-corrected chi connectivity index (χ1v) is 11.9. The molecule has 1 atom stereocenters. The molecule has 1 unspecified atom stereocenters. The average Bonchev–Trinajstić information content (AvgIpc) is 2.77. The number of anilines is 1. The number of hydrogen-bond acceptors (Lipinski definition) is 5. The molecule has 0 saturated carbocycles. The van der Waals surface area contributed by atoms with Crippen LogP contribution in [0.4, 0.5) is 10.1 Å². The van der Waals surface area contributed by atoms with Crippen LogP contribution >= 0.6 is 0 Å². The van der Waals surface area contributed by atoms with Gasteiger partial charge in [0.15, 0.2) is 6.10 Å². The summed E-state index contributed by atoms with van der Waals surface area (Å²) in [4.78, 5) is 14.0. The van der Waals surface area contributed by atoms with Crippen molar-refractivity contribution in [3.8, 4) is 5.75 Å². The Morgan fingerprint density at radius 1 is 1.06 bits per heavy atom. The molecule has 1 amide bonds. The van der Waals surface area contributed by atoms with Gasteiger partial charge in [-0.2, -0.15) is 4.31 Å². The monoisotopic (exact) mass is 449 g/mol. The van der Waals surface area contributed by atoms with Gasteiger partial charge in [0.1, 0.15) is 11.6 Å². The second-order valence-electron chi connectivity index (χ2n) is 7.37. The molecule has 31 heavy (non-hydrogen) atoms. The fourth-order valence-electron chi connectivity index (χ4n) is 3.41. The molecule has 1 N–H and O–H groups in total. The summed E-state index contributed by atoms with van der Waals surface area (Å²) in [5, 5.41) is 2.72. The van der Waals surface area contributed by atoms with E-state index in [1.807, 2.05) is 23.1 Å². The topological polar surface area (TPSA) is 78.9 Å². The van der Waals surface area contributed by atoms with Crippen LogP contribution in [-0.2, 0) is 14.8 Å². The van der Waals surface area contributed by atoms with Crippen molar-refractivity contribution in [3.63, 3.8) is 0 Å². The number of piperazine rings is 1. The minimum atomic E-state index is -3.44. The van der Waals surface area contributed by atoms with Crippen LogP contribution in [-0.4, -0.2) is 63.2 Å². The molecule has 1 fully saturated rings. The maximum absolute atomic E-state index is 13.9. The zero-order chi connectivity index (χ0) is 22.3. The molecule has 3 rings (SSSR count). The number of nitrogens with one attached hydrogen (secondary N) is 1. The van der Waals surface area contributed by atoms with E-state index in [1.165, 1.54) is 10.4 Å². The molecule has 0 spiro atoms. The first-order valence-electron chi connectivity index (χ1n) is 10.3. The van der Waals surface area contributed by atoms with Crippen molar-refractivity contribution >= 4 is 21.6 Å². The Morgan fingerprint density at radius 3 is 2.39 bits per heavy atom. The molecule has 0 aromatic heterocycles. The highest BCUT2D eigenvalue weighted by Crippen LogP contribution is 2.21. The first kappa shape index (κ1) is 23.0. The number of rotatable bonds is 9. The van der Waals surface area contributed by atoms with E-state index in [2.05, 4.69) is 5.32 Å². The van der Waals surface area contributed by atoms with E-state index in [0.717, 1.165) is 0 Å². The maximum atomic E-state index is 13.9. The predicted octanol–water partition coefficient (Wildman–Crippen LogP) is 2.25. The summed E-state index contributed by atoms with van der Waals surface area (Å²) in [6.07, 6.45) is -0.370. The van der Waals surface area contributed by atoms with Crippen molar-refractivity contribution < 1.29 is 22.3 Å². The predicted molar refractivity (Wildman–Crippen MR) is 118 cm³/mol. The summed E-state index contributed by atoms with van der Waals surface area (Å²) >= 11 is 0. The van der Waals surface area contributed by atoms with Crippen LogP contribution < -0.4 is 15.0 Å². The SMILES string of the molecule is CC(Oc1ccccc1)C(=O)NCCCS(=O)(=O)N1CCN(c2ccccc2F)CC1. The van der Waals surface area contributed by atoms with Gasteiger partial charge in [0.05, 0.1) is 11.4 Å². The maximum Gasteiger partial charge on any atom is 0.260 e. The first-order chi connectivity index (χ1) is 14.9. The Labute approximate surface area is 182 Å². The van der Waals surface area contributed by atoms with E-state index in [-0.39, 0.29) is 24.0 Å². The quantitative estimate of drug-likeness (QED) is 0.594. The van der Waals surface area contributed by atoms with E-state index in [0.29, 0.717) is 44.0 Å². The highest BCUT2D eigenvalue weighted by Gasteiger charge is 2.27. The summed E-state index contributed by atoms with van der Waals surface area (Å²) in [5.74, 6) is -0.0528. The number of para-hydroxylation sites is 2. The summed E-state index contributed by atoms with van der Waals surface area (Å²) < 4.78 is 46.2. The van der Waals surface area contributed by atoms with Gasteiger partial charge in [0, 0.05) is 32.7 Å². The number of nitrogens with zero attached hydrogens (tertiary/aromatic N) is 2. The lowest BCUT2D eigenvalue weighted by Gasteiger charge is -2.35. The van der Waals surface area contributed by atoms with Gasteiger partial charge >= 0.3 is 0 Å². The lowest BCUT2D eigenvalue weighted by atomic mass is 10.2. The molecule has 1 heterocycles. The van der Waals surface area contributed by atoms with Crippen LogP contribution in [0.15, 0.2) is 54.6 Å². The molecule has 0 aliphatic carbocycles. The third-order valence-corrected chi connectivity index (χ3v) is 7.09. The summed E-state index contributed by atoms with van der Waals surface area (Å²) in [6, 6.07) is 15.5. The largest absolute Gasteiger partial charge is 0.481 e. The molecular weight excluding hydrogens is 421 g/mol. The highest BCUT2D eigenvalue weighted by atomic mass is 32.2. The van der Waals surface area contributed by atoms with Crippen LogP contribution in [0.1, 0.15) is 13.3 Å². The Kier molecular flexibility index (Phi) is 7.86. The number of halogens is 1. The van der Waals surface area contributed by atoms with Crippen molar-refractivity contribution in [3.05, 3.63) is 60.4 Å². The van der Waals surface area contributed by atoms with Gasteiger partial charge in [-0.05, 0) is 37.6 Å². The van der Waals surface area contributed by atoms with Crippen LogP contribution in [0, 0.1) is 5.82 Å². The van der Waals surface area contributed by atoms with Crippen molar-refractivity contribution in [2.45, 2.75) is 19.4 Å². The molecule has 168 valence electrons. The van der Waals surface area contributed by atoms with E-state index in [1.54, 1.807) is 37.3 Å². The number of amides is 1. The van der Waals surface area contributed by atoms with E-state index < -0.39 is 16.1 Å². The van der Waals surface area contributed by atoms with Crippen LogP contribution in [0.3, 0.4) is 0 Å². The number of ether oxygens (including phenoxy) is 1. The van der Waals surface area contributed by atoms with E-state index >= 15 is 0 Å². The Bertz CT molecular complexity index is 964. The number of carbonyl (C=O) groups is 1. The summed E-state index contributed by atoms with van der Waals surface area (Å²) in [7, 11) is -3.44. The van der Waals surface area contributed by atoms with Gasteiger partial charge in [0.25, 0.3) is 5.91 Å².